The van der Waals surface area contributed by atoms with Crippen LogP contribution in [0.2, 0.25) is 5.02 Å². The maximum absolute atomic E-state index is 12.9. The summed E-state index contributed by atoms with van der Waals surface area (Å²) in [7, 11) is 0. The van der Waals surface area contributed by atoms with Gasteiger partial charge in [0.15, 0.2) is 11.5 Å². The van der Waals surface area contributed by atoms with Crippen molar-refractivity contribution >= 4 is 69.1 Å². The van der Waals surface area contributed by atoms with Crippen molar-refractivity contribution in [3.8, 4) is 11.5 Å². The Morgan fingerprint density at radius 3 is 2.60 bits per heavy atom. The van der Waals surface area contributed by atoms with Crippen molar-refractivity contribution in [3.05, 3.63) is 96.9 Å². The minimum atomic E-state index is -0.495. The van der Waals surface area contributed by atoms with Gasteiger partial charge in [0.05, 0.1) is 23.6 Å². The Labute approximate surface area is 225 Å². The molecule has 0 saturated carbocycles. The molecule has 1 saturated heterocycles. The Morgan fingerprint density at radius 1 is 1.06 bits per heavy atom. The fourth-order valence-corrected chi connectivity index (χ4v) is 5.01. The van der Waals surface area contributed by atoms with Gasteiger partial charge in [-0.1, -0.05) is 41.9 Å². The van der Waals surface area contributed by atoms with Gasteiger partial charge in [-0.25, -0.2) is 4.79 Å². The summed E-state index contributed by atoms with van der Waals surface area (Å²) in [6.07, 6.45) is 1.62. The third-order valence-corrected chi connectivity index (χ3v) is 7.05. The van der Waals surface area contributed by atoms with Gasteiger partial charge in [-0.05, 0) is 94.9 Å². The fraction of sp³-hybridized carbons (Fsp3) is 0.115. The number of carbonyl (C=O) groups is 3. The molecule has 0 atom stereocenters. The van der Waals surface area contributed by atoms with Crippen molar-refractivity contribution in [2.45, 2.75) is 13.5 Å². The molecule has 0 aromatic heterocycles. The highest BCUT2D eigenvalue weighted by Crippen LogP contribution is 2.36. The molecule has 4 rings (SSSR count). The molecule has 3 aromatic rings. The SMILES string of the molecule is CCOc1cc(/C=C2\SC(=O)N(Cc3cccc(Cl)c3)C2=O)ccc1OC(=O)c1ccccc1I. The van der Waals surface area contributed by atoms with Gasteiger partial charge in [-0.15, -0.1) is 0 Å². The Balaban J connectivity index is 1.55. The predicted molar refractivity (Wildman–Crippen MR) is 145 cm³/mol. The third kappa shape index (κ3) is 6.06. The van der Waals surface area contributed by atoms with Gasteiger partial charge in [-0.3, -0.25) is 14.5 Å². The largest absolute Gasteiger partial charge is 0.490 e. The van der Waals surface area contributed by atoms with E-state index in [1.54, 1.807) is 54.6 Å². The van der Waals surface area contributed by atoms with Gasteiger partial charge in [-0.2, -0.15) is 0 Å². The minimum Gasteiger partial charge on any atom is -0.490 e. The van der Waals surface area contributed by atoms with Crippen molar-refractivity contribution in [1.82, 2.24) is 4.90 Å². The molecule has 0 unspecified atom stereocenters. The molecular formula is C26H19ClINO5S. The number of ether oxygens (including phenoxy) is 2. The first-order chi connectivity index (χ1) is 16.9. The standard InChI is InChI=1S/C26H19ClINO5S/c1-2-33-22-13-16(10-11-21(22)34-25(31)19-8-3-4-9-20(19)28)14-23-24(30)29(26(32)35-23)15-17-6-5-7-18(27)12-17/h3-14H,2,15H2,1H3/b23-14-. The van der Waals surface area contributed by atoms with Crippen LogP contribution < -0.4 is 9.47 Å². The highest BCUT2D eigenvalue weighted by atomic mass is 127. The van der Waals surface area contributed by atoms with Gasteiger partial charge in [0.25, 0.3) is 11.1 Å². The summed E-state index contributed by atoms with van der Waals surface area (Å²) in [6.45, 7) is 2.31. The van der Waals surface area contributed by atoms with E-state index in [2.05, 4.69) is 22.6 Å². The second-order valence-electron chi connectivity index (χ2n) is 7.41. The van der Waals surface area contributed by atoms with Gasteiger partial charge in [0.1, 0.15) is 0 Å². The maximum Gasteiger partial charge on any atom is 0.344 e. The number of imide groups is 1. The van der Waals surface area contributed by atoms with Crippen LogP contribution in [-0.4, -0.2) is 28.6 Å². The summed E-state index contributed by atoms with van der Waals surface area (Å²) in [5.41, 5.74) is 1.85. The molecule has 1 aliphatic rings. The summed E-state index contributed by atoms with van der Waals surface area (Å²) in [5.74, 6) is -0.251. The molecule has 1 aliphatic heterocycles. The second-order valence-corrected chi connectivity index (χ2v) is 10.00. The average molecular weight is 620 g/mol. The van der Waals surface area contributed by atoms with E-state index in [-0.39, 0.29) is 23.4 Å². The van der Waals surface area contributed by atoms with E-state index in [1.807, 2.05) is 25.1 Å². The lowest BCUT2D eigenvalue weighted by Crippen LogP contribution is -2.27. The number of esters is 1. The van der Waals surface area contributed by atoms with Crippen LogP contribution in [-0.2, 0) is 11.3 Å². The van der Waals surface area contributed by atoms with Crippen molar-refractivity contribution in [3.63, 3.8) is 0 Å². The number of hydrogen-bond acceptors (Lipinski definition) is 6. The predicted octanol–water partition coefficient (Wildman–Crippen LogP) is 6.80. The van der Waals surface area contributed by atoms with Crippen molar-refractivity contribution in [2.24, 2.45) is 0 Å². The summed E-state index contributed by atoms with van der Waals surface area (Å²) in [5, 5.41) is 0.186. The topological polar surface area (TPSA) is 72.9 Å². The molecule has 1 heterocycles. The highest BCUT2D eigenvalue weighted by molar-refractivity contribution is 14.1. The van der Waals surface area contributed by atoms with Crippen LogP contribution >= 0.6 is 46.0 Å². The smallest absolute Gasteiger partial charge is 0.344 e. The molecule has 3 aromatic carbocycles. The normalized spacial score (nSPS) is 14.5. The van der Waals surface area contributed by atoms with E-state index in [9.17, 15) is 14.4 Å². The number of benzene rings is 3. The van der Waals surface area contributed by atoms with E-state index in [4.69, 9.17) is 21.1 Å². The molecule has 9 heteroatoms. The molecule has 0 N–H and O–H groups in total. The number of halogens is 2. The van der Waals surface area contributed by atoms with E-state index >= 15 is 0 Å². The van der Waals surface area contributed by atoms with Crippen LogP contribution in [0.25, 0.3) is 6.08 Å². The van der Waals surface area contributed by atoms with Gasteiger partial charge >= 0.3 is 5.97 Å². The zero-order valence-corrected chi connectivity index (χ0v) is 22.2. The van der Waals surface area contributed by atoms with Crippen LogP contribution in [0.5, 0.6) is 11.5 Å². The molecule has 35 heavy (non-hydrogen) atoms. The molecule has 0 bridgehead atoms. The van der Waals surface area contributed by atoms with Crippen molar-refractivity contribution < 1.29 is 23.9 Å². The summed E-state index contributed by atoms with van der Waals surface area (Å²) >= 11 is 8.97. The van der Waals surface area contributed by atoms with Gasteiger partial charge in [0.2, 0.25) is 0 Å². The van der Waals surface area contributed by atoms with Crippen LogP contribution in [0, 0.1) is 3.57 Å². The Kier molecular flexibility index (Phi) is 8.15. The molecule has 6 nitrogen and oxygen atoms in total. The Bertz CT molecular complexity index is 1340. The molecule has 0 radical (unpaired) electrons. The monoisotopic (exact) mass is 619 g/mol. The number of amides is 2. The summed E-state index contributed by atoms with van der Waals surface area (Å²) in [6, 6.07) is 19.1. The third-order valence-electron chi connectivity index (χ3n) is 4.97. The van der Waals surface area contributed by atoms with Gasteiger partial charge in [0, 0.05) is 8.59 Å². The highest BCUT2D eigenvalue weighted by Gasteiger charge is 2.35. The van der Waals surface area contributed by atoms with E-state index < -0.39 is 5.97 Å². The Hall–Kier alpha value is -2.82. The molecule has 2 amide bonds. The fourth-order valence-electron chi connectivity index (χ4n) is 3.35. The van der Waals surface area contributed by atoms with Crippen LogP contribution in [0.3, 0.4) is 0 Å². The zero-order valence-electron chi connectivity index (χ0n) is 18.5. The number of carbonyl (C=O) groups excluding carboxylic acids is 3. The van der Waals surface area contributed by atoms with Crippen LogP contribution in [0.1, 0.15) is 28.4 Å². The number of hydrogen-bond donors (Lipinski definition) is 0. The first-order valence-corrected chi connectivity index (χ1v) is 12.9. The average Bonchev–Trinajstić information content (AvgIpc) is 3.08. The van der Waals surface area contributed by atoms with Crippen LogP contribution in [0.15, 0.2) is 71.6 Å². The summed E-state index contributed by atoms with van der Waals surface area (Å²) in [4.78, 5) is 39.5. The second kappa shape index (κ2) is 11.3. The molecule has 0 spiro atoms. The molecule has 0 aliphatic carbocycles. The zero-order chi connectivity index (χ0) is 24.9. The molecule has 178 valence electrons. The number of thioether (sulfide) groups is 1. The first-order valence-electron chi connectivity index (χ1n) is 10.6. The molecule has 1 fully saturated rings. The number of rotatable bonds is 7. The Morgan fingerprint density at radius 2 is 1.86 bits per heavy atom. The molecular weight excluding hydrogens is 601 g/mol. The quantitative estimate of drug-likeness (QED) is 0.125. The van der Waals surface area contributed by atoms with E-state index in [0.717, 1.165) is 20.9 Å². The van der Waals surface area contributed by atoms with Crippen molar-refractivity contribution in [2.75, 3.05) is 6.61 Å². The van der Waals surface area contributed by atoms with Crippen molar-refractivity contribution in [1.29, 1.82) is 0 Å². The lowest BCUT2D eigenvalue weighted by molar-refractivity contribution is -0.123. The van der Waals surface area contributed by atoms with E-state index in [1.165, 1.54) is 4.90 Å². The van der Waals surface area contributed by atoms with Crippen LogP contribution in [0.4, 0.5) is 4.79 Å². The lowest BCUT2D eigenvalue weighted by Gasteiger charge is -2.13. The first kappa shape index (κ1) is 25.3. The van der Waals surface area contributed by atoms with Gasteiger partial charge < -0.3 is 9.47 Å². The van der Waals surface area contributed by atoms with E-state index in [0.29, 0.717) is 33.4 Å². The summed E-state index contributed by atoms with van der Waals surface area (Å²) < 4.78 is 12.0. The maximum atomic E-state index is 12.9. The number of nitrogens with zero attached hydrogens (tertiary/aromatic N) is 1. The lowest BCUT2D eigenvalue weighted by atomic mass is 10.1. The minimum absolute atomic E-state index is 0.139.